The van der Waals surface area contributed by atoms with Gasteiger partial charge in [-0.3, -0.25) is 0 Å². The highest BCUT2D eigenvalue weighted by atomic mass is 16.5. The Morgan fingerprint density at radius 3 is 2.54 bits per heavy atom. The van der Waals surface area contributed by atoms with E-state index in [1.54, 1.807) is 7.11 Å². The van der Waals surface area contributed by atoms with Gasteiger partial charge >= 0.3 is 0 Å². The highest BCUT2D eigenvalue weighted by Gasteiger charge is 2.18. The van der Waals surface area contributed by atoms with Gasteiger partial charge in [0.2, 0.25) is 0 Å². The van der Waals surface area contributed by atoms with Crippen molar-refractivity contribution in [3.8, 4) is 17.2 Å². The van der Waals surface area contributed by atoms with E-state index < -0.39 is 0 Å². The third kappa shape index (κ3) is 4.04. The van der Waals surface area contributed by atoms with Gasteiger partial charge in [0.1, 0.15) is 12.4 Å². The molecule has 2 aromatic carbocycles. The third-order valence-electron chi connectivity index (χ3n) is 5.31. The van der Waals surface area contributed by atoms with Gasteiger partial charge in [-0.15, -0.1) is 0 Å². The molecule has 4 rings (SSSR count). The van der Waals surface area contributed by atoms with Crippen LogP contribution < -0.4 is 9.47 Å². The second-order valence-corrected chi connectivity index (χ2v) is 7.10. The Morgan fingerprint density at radius 2 is 1.86 bits per heavy atom. The average Bonchev–Trinajstić information content (AvgIpc) is 3.19. The molecule has 5 nitrogen and oxygen atoms in total. The van der Waals surface area contributed by atoms with E-state index in [9.17, 15) is 0 Å². The number of nitrogens with zero attached hydrogens (tertiary/aromatic N) is 2. The fourth-order valence-corrected chi connectivity index (χ4v) is 3.66. The van der Waals surface area contributed by atoms with Crippen molar-refractivity contribution in [2.24, 2.45) is 0 Å². The minimum atomic E-state index is 0.497. The van der Waals surface area contributed by atoms with Gasteiger partial charge in [0.05, 0.1) is 7.11 Å². The van der Waals surface area contributed by atoms with Crippen molar-refractivity contribution in [2.45, 2.75) is 32.3 Å². The van der Waals surface area contributed by atoms with Crippen LogP contribution >= 0.6 is 0 Å². The first-order valence-corrected chi connectivity index (χ1v) is 9.72. The lowest BCUT2D eigenvalue weighted by Crippen LogP contribution is -2.14. The Balaban J connectivity index is 1.47. The van der Waals surface area contributed by atoms with E-state index in [2.05, 4.69) is 45.9 Å². The summed E-state index contributed by atoms with van der Waals surface area (Å²) in [7, 11) is 1.68. The molecule has 0 saturated carbocycles. The van der Waals surface area contributed by atoms with Crippen molar-refractivity contribution in [3.63, 3.8) is 0 Å². The van der Waals surface area contributed by atoms with E-state index in [4.69, 9.17) is 14.2 Å². The number of methoxy groups -OCH3 is 1. The van der Waals surface area contributed by atoms with Crippen molar-refractivity contribution in [1.29, 1.82) is 0 Å². The van der Waals surface area contributed by atoms with Crippen molar-refractivity contribution in [2.75, 3.05) is 20.3 Å². The molecule has 0 unspecified atom stereocenters. The number of aryl methyl sites for hydroxylation is 1. The van der Waals surface area contributed by atoms with E-state index in [1.807, 2.05) is 25.4 Å². The van der Waals surface area contributed by atoms with E-state index in [-0.39, 0.29) is 0 Å². The largest absolute Gasteiger partial charge is 0.493 e. The van der Waals surface area contributed by atoms with Crippen LogP contribution in [-0.2, 0) is 11.3 Å². The quantitative estimate of drug-likeness (QED) is 0.626. The Kier molecular flexibility index (Phi) is 5.63. The molecule has 1 fully saturated rings. The molecule has 0 N–H and O–H groups in total. The molecule has 0 bridgehead atoms. The summed E-state index contributed by atoms with van der Waals surface area (Å²) in [5.74, 6) is 3.06. The van der Waals surface area contributed by atoms with Crippen LogP contribution in [0.15, 0.2) is 54.9 Å². The first kappa shape index (κ1) is 18.6. The zero-order chi connectivity index (χ0) is 19.3. The fourth-order valence-electron chi connectivity index (χ4n) is 3.66. The minimum absolute atomic E-state index is 0.497. The Labute approximate surface area is 165 Å². The smallest absolute Gasteiger partial charge is 0.161 e. The minimum Gasteiger partial charge on any atom is -0.493 e. The summed E-state index contributed by atoms with van der Waals surface area (Å²) in [6.45, 7) is 4.15. The molecule has 2 heterocycles. The van der Waals surface area contributed by atoms with Crippen LogP contribution in [0.5, 0.6) is 11.5 Å². The zero-order valence-electron chi connectivity index (χ0n) is 16.4. The SMILES string of the molecule is COc1ccc(C2CCOCC2)cc1OCc1ccc(-n2ccnc2C)cc1. The molecule has 0 aliphatic carbocycles. The van der Waals surface area contributed by atoms with Crippen molar-refractivity contribution < 1.29 is 14.2 Å². The second-order valence-electron chi connectivity index (χ2n) is 7.10. The molecule has 1 saturated heterocycles. The number of benzene rings is 2. The van der Waals surface area contributed by atoms with E-state index in [1.165, 1.54) is 5.56 Å². The number of aromatic nitrogens is 2. The molecular formula is C23H26N2O3. The molecule has 28 heavy (non-hydrogen) atoms. The molecular weight excluding hydrogens is 352 g/mol. The van der Waals surface area contributed by atoms with Crippen LogP contribution in [0.2, 0.25) is 0 Å². The molecule has 0 amide bonds. The maximum atomic E-state index is 6.12. The number of imidazole rings is 1. The Bertz CT molecular complexity index is 912. The first-order chi connectivity index (χ1) is 13.7. The molecule has 1 aliphatic heterocycles. The van der Waals surface area contributed by atoms with Gasteiger partial charge in [0.25, 0.3) is 0 Å². The Morgan fingerprint density at radius 1 is 1.07 bits per heavy atom. The maximum Gasteiger partial charge on any atom is 0.161 e. The van der Waals surface area contributed by atoms with Gasteiger partial charge in [-0.05, 0) is 61.1 Å². The zero-order valence-corrected chi connectivity index (χ0v) is 16.4. The van der Waals surface area contributed by atoms with Crippen LogP contribution in [0.4, 0.5) is 0 Å². The number of hydrogen-bond acceptors (Lipinski definition) is 4. The molecule has 0 radical (unpaired) electrons. The summed E-state index contributed by atoms with van der Waals surface area (Å²) >= 11 is 0. The predicted molar refractivity (Wildman–Crippen MR) is 108 cm³/mol. The van der Waals surface area contributed by atoms with Gasteiger partial charge < -0.3 is 18.8 Å². The van der Waals surface area contributed by atoms with Gasteiger partial charge in [0, 0.05) is 31.3 Å². The fraction of sp³-hybridized carbons (Fsp3) is 0.348. The summed E-state index contributed by atoms with van der Waals surface area (Å²) in [6, 6.07) is 14.6. The first-order valence-electron chi connectivity index (χ1n) is 9.72. The molecule has 146 valence electrons. The molecule has 1 aromatic heterocycles. The summed E-state index contributed by atoms with van der Waals surface area (Å²) in [6.07, 6.45) is 5.89. The van der Waals surface area contributed by atoms with Crippen molar-refractivity contribution >= 4 is 0 Å². The second kappa shape index (κ2) is 8.48. The van der Waals surface area contributed by atoms with E-state index in [0.29, 0.717) is 12.5 Å². The topological polar surface area (TPSA) is 45.5 Å². The van der Waals surface area contributed by atoms with Crippen LogP contribution in [0.1, 0.15) is 35.7 Å². The van der Waals surface area contributed by atoms with Crippen LogP contribution in [0.25, 0.3) is 5.69 Å². The number of ether oxygens (including phenoxy) is 3. The van der Waals surface area contributed by atoms with E-state index >= 15 is 0 Å². The normalized spacial score (nSPS) is 14.8. The summed E-state index contributed by atoms with van der Waals surface area (Å²) < 4.78 is 19.2. The lowest BCUT2D eigenvalue weighted by molar-refractivity contribution is 0.0852. The standard InChI is InChI=1S/C23H26N2O3/c1-17-24-11-12-25(17)21-6-3-18(4-7-21)16-28-23-15-20(5-8-22(23)26-2)19-9-13-27-14-10-19/h3-8,11-12,15,19H,9-10,13-14,16H2,1-2H3. The average molecular weight is 378 g/mol. The van der Waals surface area contributed by atoms with Crippen molar-refractivity contribution in [1.82, 2.24) is 9.55 Å². The molecule has 1 aliphatic rings. The Hall–Kier alpha value is -2.79. The van der Waals surface area contributed by atoms with Gasteiger partial charge in [0.15, 0.2) is 11.5 Å². The monoisotopic (exact) mass is 378 g/mol. The van der Waals surface area contributed by atoms with Crippen LogP contribution in [0.3, 0.4) is 0 Å². The summed E-state index contributed by atoms with van der Waals surface area (Å²) in [5, 5.41) is 0. The van der Waals surface area contributed by atoms with Crippen LogP contribution in [-0.4, -0.2) is 29.9 Å². The highest BCUT2D eigenvalue weighted by Crippen LogP contribution is 2.35. The molecule has 3 aromatic rings. The highest BCUT2D eigenvalue weighted by molar-refractivity contribution is 5.44. The van der Waals surface area contributed by atoms with Gasteiger partial charge in [-0.25, -0.2) is 4.98 Å². The van der Waals surface area contributed by atoms with E-state index in [0.717, 1.165) is 54.6 Å². The van der Waals surface area contributed by atoms with Gasteiger partial charge in [-0.2, -0.15) is 0 Å². The summed E-state index contributed by atoms with van der Waals surface area (Å²) in [4.78, 5) is 4.27. The number of rotatable bonds is 6. The molecule has 0 spiro atoms. The van der Waals surface area contributed by atoms with Crippen LogP contribution in [0, 0.1) is 6.92 Å². The molecule has 0 atom stereocenters. The lowest BCUT2D eigenvalue weighted by Gasteiger charge is -2.23. The molecule has 5 heteroatoms. The van der Waals surface area contributed by atoms with Crippen molar-refractivity contribution in [3.05, 3.63) is 71.8 Å². The lowest BCUT2D eigenvalue weighted by atomic mass is 9.91. The maximum absolute atomic E-state index is 6.12. The third-order valence-corrected chi connectivity index (χ3v) is 5.31. The summed E-state index contributed by atoms with van der Waals surface area (Å²) in [5.41, 5.74) is 3.50. The number of hydrogen-bond donors (Lipinski definition) is 0. The predicted octanol–water partition coefficient (Wildman–Crippen LogP) is 4.66. The van der Waals surface area contributed by atoms with Gasteiger partial charge in [-0.1, -0.05) is 18.2 Å².